The van der Waals surface area contributed by atoms with Gasteiger partial charge in [-0.2, -0.15) is 0 Å². The first-order chi connectivity index (χ1) is 15.0. The number of carbonyl (C=O) groups excluding carboxylic acids is 4. The first-order valence-corrected chi connectivity index (χ1v) is 10.4. The summed E-state index contributed by atoms with van der Waals surface area (Å²) in [7, 11) is 0. The highest BCUT2D eigenvalue weighted by molar-refractivity contribution is 5.92. The molecule has 0 spiro atoms. The summed E-state index contributed by atoms with van der Waals surface area (Å²) >= 11 is 0. The average molecular weight is 446 g/mol. The summed E-state index contributed by atoms with van der Waals surface area (Å²) < 4.78 is 21.5. The molecule has 4 atom stereocenters. The quantitative estimate of drug-likeness (QED) is 0.275. The van der Waals surface area contributed by atoms with Gasteiger partial charge in [-0.1, -0.05) is 18.2 Å². The molecule has 8 nitrogen and oxygen atoms in total. The molecular formula is C24H30O8. The third kappa shape index (κ3) is 6.67. The molecule has 0 aromatic rings. The summed E-state index contributed by atoms with van der Waals surface area (Å²) in [5.41, 5.74) is 2.13. The van der Waals surface area contributed by atoms with E-state index in [4.69, 9.17) is 18.9 Å². The molecule has 2 aliphatic rings. The molecule has 0 amide bonds. The third-order valence-corrected chi connectivity index (χ3v) is 5.37. The summed E-state index contributed by atoms with van der Waals surface area (Å²) in [6, 6.07) is 0. The van der Waals surface area contributed by atoms with Crippen LogP contribution in [0.25, 0.3) is 0 Å². The van der Waals surface area contributed by atoms with Crippen molar-refractivity contribution in [2.75, 3.05) is 6.61 Å². The normalized spacial score (nSPS) is 26.2. The maximum atomic E-state index is 12.7. The van der Waals surface area contributed by atoms with Gasteiger partial charge in [0.25, 0.3) is 0 Å². The van der Waals surface area contributed by atoms with Crippen molar-refractivity contribution < 1.29 is 38.1 Å². The van der Waals surface area contributed by atoms with E-state index in [9.17, 15) is 19.2 Å². The maximum Gasteiger partial charge on any atom is 0.334 e. The Morgan fingerprint density at radius 3 is 2.47 bits per heavy atom. The van der Waals surface area contributed by atoms with Gasteiger partial charge in [-0.3, -0.25) is 9.59 Å². The summed E-state index contributed by atoms with van der Waals surface area (Å²) in [5, 5.41) is 0. The fourth-order valence-electron chi connectivity index (χ4n) is 3.62. The molecule has 2 rings (SSSR count). The SMILES string of the molecule is C=C1C(=O)OC2C=C(C)C(OC(C)=O)CC=C(C)CC(OC(=O)C(C)=CCOC(C)=O)C12. The highest BCUT2D eigenvalue weighted by Crippen LogP contribution is 2.36. The Kier molecular flexibility index (Phi) is 8.57. The van der Waals surface area contributed by atoms with Gasteiger partial charge in [-0.25, -0.2) is 9.59 Å². The van der Waals surface area contributed by atoms with Gasteiger partial charge < -0.3 is 18.9 Å². The second kappa shape index (κ2) is 10.9. The van der Waals surface area contributed by atoms with Gasteiger partial charge in [0.2, 0.25) is 0 Å². The van der Waals surface area contributed by atoms with Crippen LogP contribution in [-0.2, 0) is 38.1 Å². The van der Waals surface area contributed by atoms with Gasteiger partial charge >= 0.3 is 23.9 Å². The van der Waals surface area contributed by atoms with Crippen LogP contribution in [0.2, 0.25) is 0 Å². The van der Waals surface area contributed by atoms with E-state index in [2.05, 4.69) is 6.58 Å². The zero-order valence-corrected chi connectivity index (χ0v) is 19.1. The van der Waals surface area contributed by atoms with Gasteiger partial charge in [0.15, 0.2) is 0 Å². The first-order valence-electron chi connectivity index (χ1n) is 10.4. The fourth-order valence-corrected chi connectivity index (χ4v) is 3.62. The lowest BCUT2D eigenvalue weighted by Crippen LogP contribution is -2.34. The number of hydrogen-bond acceptors (Lipinski definition) is 8. The lowest BCUT2D eigenvalue weighted by Gasteiger charge is -2.28. The minimum Gasteiger partial charge on any atom is -0.462 e. The molecule has 4 unspecified atom stereocenters. The molecule has 1 heterocycles. The maximum absolute atomic E-state index is 12.7. The minimum atomic E-state index is -0.706. The molecule has 0 aromatic carbocycles. The Labute approximate surface area is 187 Å². The topological polar surface area (TPSA) is 105 Å². The fraction of sp³-hybridized carbons (Fsp3) is 0.500. The molecule has 0 aromatic heterocycles. The number of ether oxygens (including phenoxy) is 4. The monoisotopic (exact) mass is 446 g/mol. The van der Waals surface area contributed by atoms with Crippen molar-refractivity contribution in [1.29, 1.82) is 0 Å². The van der Waals surface area contributed by atoms with Crippen molar-refractivity contribution >= 4 is 23.9 Å². The predicted octanol–water partition coefficient (Wildman–Crippen LogP) is 3.12. The van der Waals surface area contributed by atoms with Crippen LogP contribution in [0.3, 0.4) is 0 Å². The Bertz CT molecular complexity index is 892. The molecule has 1 aliphatic carbocycles. The van der Waals surface area contributed by atoms with Crippen LogP contribution < -0.4 is 0 Å². The number of carbonyl (C=O) groups is 4. The summed E-state index contributed by atoms with van der Waals surface area (Å²) in [5.74, 6) is -2.60. The van der Waals surface area contributed by atoms with Crippen molar-refractivity contribution in [3.63, 3.8) is 0 Å². The predicted molar refractivity (Wildman–Crippen MR) is 115 cm³/mol. The number of rotatable bonds is 5. The van der Waals surface area contributed by atoms with E-state index >= 15 is 0 Å². The third-order valence-electron chi connectivity index (χ3n) is 5.37. The van der Waals surface area contributed by atoms with E-state index in [1.165, 1.54) is 19.9 Å². The summed E-state index contributed by atoms with van der Waals surface area (Å²) in [6.45, 7) is 11.7. The number of fused-ring (bicyclic) bond motifs is 1. The molecule has 1 fully saturated rings. The van der Waals surface area contributed by atoms with Gasteiger partial charge in [0, 0.05) is 37.8 Å². The van der Waals surface area contributed by atoms with E-state index in [0.717, 1.165) is 11.1 Å². The second-order valence-corrected chi connectivity index (χ2v) is 8.05. The van der Waals surface area contributed by atoms with Crippen LogP contribution >= 0.6 is 0 Å². The van der Waals surface area contributed by atoms with Crippen LogP contribution in [-0.4, -0.2) is 48.8 Å². The van der Waals surface area contributed by atoms with Crippen molar-refractivity contribution in [2.24, 2.45) is 5.92 Å². The molecule has 174 valence electrons. The molecular weight excluding hydrogens is 416 g/mol. The van der Waals surface area contributed by atoms with E-state index in [-0.39, 0.29) is 17.8 Å². The largest absolute Gasteiger partial charge is 0.462 e. The molecule has 0 radical (unpaired) electrons. The Hall–Kier alpha value is -3.16. The molecule has 1 aliphatic heterocycles. The van der Waals surface area contributed by atoms with Crippen molar-refractivity contribution in [2.45, 2.75) is 65.8 Å². The zero-order valence-electron chi connectivity index (χ0n) is 19.1. The van der Waals surface area contributed by atoms with Gasteiger partial charge in [-0.15, -0.1) is 0 Å². The van der Waals surface area contributed by atoms with Crippen LogP contribution in [0.4, 0.5) is 0 Å². The van der Waals surface area contributed by atoms with Crippen LogP contribution in [0.15, 0.2) is 47.1 Å². The van der Waals surface area contributed by atoms with E-state index < -0.39 is 48.1 Å². The van der Waals surface area contributed by atoms with Crippen LogP contribution in [0, 0.1) is 5.92 Å². The summed E-state index contributed by atoms with van der Waals surface area (Å²) in [4.78, 5) is 47.4. The first kappa shape index (κ1) is 25.1. The Morgan fingerprint density at radius 1 is 1.16 bits per heavy atom. The smallest absolute Gasteiger partial charge is 0.334 e. The molecule has 0 bridgehead atoms. The molecule has 0 saturated carbocycles. The standard InChI is InChI=1S/C24H30O8/c1-13-7-8-19(30-18(6)26)15(3)12-21-22(16(4)24(28)32-21)20(11-13)31-23(27)14(2)9-10-29-17(5)25/h7,9,12,19-22H,4,8,10-11H2,1-3,5-6H3. The van der Waals surface area contributed by atoms with Crippen LogP contribution in [0.1, 0.15) is 47.5 Å². The van der Waals surface area contributed by atoms with E-state index in [0.29, 0.717) is 12.8 Å². The van der Waals surface area contributed by atoms with Gasteiger partial charge in [0.05, 0.1) is 5.92 Å². The minimum absolute atomic E-state index is 0.0420. The Morgan fingerprint density at radius 2 is 1.84 bits per heavy atom. The lowest BCUT2D eigenvalue weighted by atomic mass is 9.85. The highest BCUT2D eigenvalue weighted by Gasteiger charge is 2.44. The Balaban J connectivity index is 2.33. The average Bonchev–Trinajstić information content (AvgIpc) is 2.96. The molecule has 1 saturated heterocycles. The molecule has 8 heteroatoms. The lowest BCUT2D eigenvalue weighted by molar-refractivity contribution is -0.148. The summed E-state index contributed by atoms with van der Waals surface area (Å²) in [6.07, 6.45) is 4.02. The highest BCUT2D eigenvalue weighted by atomic mass is 16.6. The number of hydrogen-bond donors (Lipinski definition) is 0. The molecule has 32 heavy (non-hydrogen) atoms. The van der Waals surface area contributed by atoms with Crippen molar-refractivity contribution in [1.82, 2.24) is 0 Å². The van der Waals surface area contributed by atoms with Crippen LogP contribution in [0.5, 0.6) is 0 Å². The number of esters is 4. The van der Waals surface area contributed by atoms with E-state index in [1.54, 1.807) is 19.9 Å². The van der Waals surface area contributed by atoms with Crippen molar-refractivity contribution in [3.05, 3.63) is 47.1 Å². The van der Waals surface area contributed by atoms with E-state index in [1.807, 2.05) is 13.0 Å². The molecule has 0 N–H and O–H groups in total. The second-order valence-electron chi connectivity index (χ2n) is 8.05. The van der Waals surface area contributed by atoms with Crippen molar-refractivity contribution in [3.8, 4) is 0 Å². The zero-order chi connectivity index (χ0) is 24.0. The van der Waals surface area contributed by atoms with Gasteiger partial charge in [-0.05, 0) is 38.5 Å². The van der Waals surface area contributed by atoms with Gasteiger partial charge in [0.1, 0.15) is 24.9 Å².